The molecule has 1 aromatic rings. The summed E-state index contributed by atoms with van der Waals surface area (Å²) in [5, 5.41) is 0. The van der Waals surface area contributed by atoms with Crippen LogP contribution in [0.2, 0.25) is 0 Å². The minimum absolute atomic E-state index is 0.0609. The lowest BCUT2D eigenvalue weighted by Crippen LogP contribution is -2.00. The van der Waals surface area contributed by atoms with Gasteiger partial charge in [0.15, 0.2) is 0 Å². The summed E-state index contributed by atoms with van der Waals surface area (Å²) >= 11 is 3.62. The van der Waals surface area contributed by atoms with Gasteiger partial charge in [0.05, 0.1) is 9.13 Å². The zero-order chi connectivity index (χ0) is 9.30. The Hall–Kier alpha value is 0.270. The number of anilines is 1. The molecule has 0 aliphatic rings. The lowest BCUT2D eigenvalue weighted by atomic mass is 10.3. The van der Waals surface area contributed by atoms with Crippen LogP contribution in [0.15, 0.2) is 6.07 Å². The molecule has 0 saturated carbocycles. The maximum absolute atomic E-state index is 12.3. The van der Waals surface area contributed by atoms with E-state index in [0.29, 0.717) is 9.39 Å². The van der Waals surface area contributed by atoms with Crippen LogP contribution in [0.25, 0.3) is 0 Å². The average Bonchev–Trinajstić information content (AvgIpc) is 1.96. The fraction of sp³-hybridized carbons (Fsp3) is 0.167. The zero-order valence-corrected chi connectivity index (χ0v) is 10.0. The molecule has 1 rings (SSSR count). The van der Waals surface area contributed by atoms with Crippen molar-refractivity contribution in [2.45, 2.75) is 6.43 Å². The first-order chi connectivity index (χ1) is 5.52. The first kappa shape index (κ1) is 10.4. The molecule has 12 heavy (non-hydrogen) atoms. The van der Waals surface area contributed by atoms with Crippen molar-refractivity contribution in [1.29, 1.82) is 0 Å². The fourth-order valence-corrected chi connectivity index (χ4v) is 1.75. The maximum atomic E-state index is 12.3. The summed E-state index contributed by atoms with van der Waals surface area (Å²) in [7, 11) is 0. The lowest BCUT2D eigenvalue weighted by Gasteiger charge is -2.04. The minimum atomic E-state index is -2.49. The highest BCUT2D eigenvalue weighted by Gasteiger charge is 2.14. The third kappa shape index (κ3) is 2.15. The second-order valence-electron chi connectivity index (χ2n) is 2.04. The van der Waals surface area contributed by atoms with E-state index >= 15 is 0 Å². The number of pyridine rings is 1. The van der Waals surface area contributed by atoms with Gasteiger partial charge in [-0.3, -0.25) is 0 Å². The number of hydrogen-bond acceptors (Lipinski definition) is 2. The van der Waals surface area contributed by atoms with Crippen LogP contribution in [0.3, 0.4) is 0 Å². The van der Waals surface area contributed by atoms with Crippen LogP contribution in [-0.2, 0) is 0 Å². The summed E-state index contributed by atoms with van der Waals surface area (Å²) in [4.78, 5) is 3.77. The molecule has 0 aliphatic heterocycles. The number of aromatic nitrogens is 1. The molecule has 1 heterocycles. The summed E-state index contributed by atoms with van der Waals surface area (Å²) in [5.41, 5.74) is 5.36. The van der Waals surface area contributed by atoms with Gasteiger partial charge in [-0.1, -0.05) is 0 Å². The molecule has 6 heteroatoms. The Morgan fingerprint density at radius 1 is 1.42 bits per heavy atom. The number of nitrogens with two attached hydrogens (primary N) is 1. The Bertz CT molecular complexity index is 304. The van der Waals surface area contributed by atoms with E-state index < -0.39 is 6.43 Å². The first-order valence-corrected chi connectivity index (χ1v) is 5.07. The third-order valence-corrected chi connectivity index (χ3v) is 2.95. The molecule has 0 unspecified atom stereocenters. The van der Waals surface area contributed by atoms with Gasteiger partial charge < -0.3 is 5.73 Å². The van der Waals surface area contributed by atoms with Crippen molar-refractivity contribution in [3.63, 3.8) is 0 Å². The molecule has 66 valence electrons. The van der Waals surface area contributed by atoms with Gasteiger partial charge in [-0.25, -0.2) is 13.8 Å². The van der Waals surface area contributed by atoms with Crippen LogP contribution < -0.4 is 5.73 Å². The van der Waals surface area contributed by atoms with Crippen LogP contribution in [0.1, 0.15) is 12.0 Å². The highest BCUT2D eigenvalue weighted by molar-refractivity contribution is 14.1. The average molecular weight is 396 g/mol. The highest BCUT2D eigenvalue weighted by atomic mass is 127. The fourth-order valence-electron chi connectivity index (χ4n) is 0.647. The summed E-state index contributed by atoms with van der Waals surface area (Å²) < 4.78 is 25.3. The van der Waals surface area contributed by atoms with Crippen LogP contribution in [0, 0.1) is 7.27 Å². The van der Waals surface area contributed by atoms with Crippen molar-refractivity contribution in [1.82, 2.24) is 4.98 Å². The summed E-state index contributed by atoms with van der Waals surface area (Å²) in [6, 6.07) is 1.36. The van der Waals surface area contributed by atoms with E-state index in [1.807, 2.05) is 22.6 Å². The van der Waals surface area contributed by atoms with Gasteiger partial charge in [-0.2, -0.15) is 0 Å². The number of nitrogens with zero attached hydrogens (tertiary/aromatic N) is 1. The molecule has 2 nitrogen and oxygen atoms in total. The van der Waals surface area contributed by atoms with Crippen LogP contribution in [0.4, 0.5) is 14.6 Å². The second-order valence-corrected chi connectivity index (χ2v) is 4.22. The predicted octanol–water partition coefficient (Wildman–Crippen LogP) is 2.81. The van der Waals surface area contributed by atoms with Crippen molar-refractivity contribution in [3.8, 4) is 0 Å². The van der Waals surface area contributed by atoms with E-state index in [1.165, 1.54) is 6.07 Å². The smallest absolute Gasteiger partial charge is 0.266 e. The van der Waals surface area contributed by atoms with Gasteiger partial charge in [0, 0.05) is 0 Å². The Morgan fingerprint density at radius 3 is 2.50 bits per heavy atom. The summed E-state index contributed by atoms with van der Waals surface area (Å²) in [6.07, 6.45) is -2.49. The summed E-state index contributed by atoms with van der Waals surface area (Å²) in [6.45, 7) is 0. The van der Waals surface area contributed by atoms with E-state index in [2.05, 4.69) is 4.98 Å². The zero-order valence-electron chi connectivity index (χ0n) is 5.69. The largest absolute Gasteiger partial charge is 0.383 e. The van der Waals surface area contributed by atoms with E-state index in [-0.39, 0.29) is 9.26 Å². The lowest BCUT2D eigenvalue weighted by molar-refractivity contribution is 0.150. The van der Waals surface area contributed by atoms with Crippen molar-refractivity contribution in [3.05, 3.63) is 18.9 Å². The van der Waals surface area contributed by atoms with Gasteiger partial charge in [-0.05, 0) is 51.2 Å². The topological polar surface area (TPSA) is 38.9 Å². The Morgan fingerprint density at radius 2 is 2.00 bits per heavy atom. The van der Waals surface area contributed by atoms with Gasteiger partial charge in [0.2, 0.25) is 0 Å². The van der Waals surface area contributed by atoms with Crippen molar-refractivity contribution >= 4 is 51.0 Å². The highest BCUT2D eigenvalue weighted by Crippen LogP contribution is 2.26. The summed E-state index contributed by atoms with van der Waals surface area (Å²) in [5.74, 6) is 0.296. The van der Waals surface area contributed by atoms with E-state index in [0.717, 1.165) is 0 Å². The molecule has 0 bridgehead atoms. The molecule has 0 spiro atoms. The van der Waals surface area contributed by atoms with Crippen molar-refractivity contribution < 1.29 is 8.78 Å². The number of halogens is 4. The predicted molar refractivity (Wildman–Crippen MR) is 59.0 cm³/mol. The Balaban J connectivity index is 3.23. The van der Waals surface area contributed by atoms with Crippen LogP contribution >= 0.6 is 45.2 Å². The molecule has 0 aromatic carbocycles. The molecule has 0 fully saturated rings. The molecular weight excluding hydrogens is 392 g/mol. The first-order valence-electron chi connectivity index (χ1n) is 2.92. The van der Waals surface area contributed by atoms with Crippen LogP contribution in [0.5, 0.6) is 0 Å². The van der Waals surface area contributed by atoms with E-state index in [1.54, 1.807) is 22.6 Å². The SMILES string of the molecule is Nc1nc(I)c(C(F)F)cc1I. The number of rotatable bonds is 1. The standard InChI is InChI=1S/C6H4F2I2N2/c7-4(8)2-1-3(9)6(11)12-5(2)10/h1,4H,(H2,11,12). The maximum Gasteiger partial charge on any atom is 0.266 e. The minimum Gasteiger partial charge on any atom is -0.383 e. The Labute approximate surface area is 95.2 Å². The number of nitrogen functional groups attached to an aromatic ring is 1. The monoisotopic (exact) mass is 396 g/mol. The van der Waals surface area contributed by atoms with Gasteiger partial charge in [-0.15, -0.1) is 0 Å². The molecule has 0 aliphatic carbocycles. The van der Waals surface area contributed by atoms with Crippen LogP contribution in [-0.4, -0.2) is 4.98 Å². The Kier molecular flexibility index (Phi) is 3.44. The van der Waals surface area contributed by atoms with Crippen molar-refractivity contribution in [2.75, 3.05) is 5.73 Å². The molecule has 0 atom stereocenters. The van der Waals surface area contributed by atoms with E-state index in [9.17, 15) is 8.78 Å². The number of hydrogen-bond donors (Lipinski definition) is 1. The second kappa shape index (κ2) is 3.99. The normalized spacial score (nSPS) is 10.8. The van der Waals surface area contributed by atoms with Gasteiger partial charge >= 0.3 is 0 Å². The number of alkyl halides is 2. The molecule has 0 amide bonds. The molecular formula is C6H4F2I2N2. The van der Waals surface area contributed by atoms with Gasteiger partial charge in [0.25, 0.3) is 6.43 Å². The quantitative estimate of drug-likeness (QED) is 0.586. The molecule has 2 N–H and O–H groups in total. The van der Waals surface area contributed by atoms with Gasteiger partial charge in [0.1, 0.15) is 9.52 Å². The molecule has 0 saturated heterocycles. The third-order valence-electron chi connectivity index (χ3n) is 1.22. The van der Waals surface area contributed by atoms with E-state index in [4.69, 9.17) is 5.73 Å². The molecule has 1 aromatic heterocycles. The molecule has 0 radical (unpaired) electrons. The van der Waals surface area contributed by atoms with Crippen molar-refractivity contribution in [2.24, 2.45) is 0 Å².